The molecule has 4 aromatic carbocycles. The van der Waals surface area contributed by atoms with Crippen LogP contribution in [0, 0.1) is 0 Å². The number of rotatable bonds is 15. The minimum Gasteiger partial charge on any atom is -0.374 e. The van der Waals surface area contributed by atoms with Crippen molar-refractivity contribution in [3.05, 3.63) is 144 Å². The minimum absolute atomic E-state index is 0.338. The van der Waals surface area contributed by atoms with Crippen LogP contribution in [-0.4, -0.2) is 41.7 Å². The van der Waals surface area contributed by atoms with Gasteiger partial charge in [0.05, 0.1) is 38.2 Å². The smallest absolute Gasteiger partial charge is 0.133 e. The third-order valence-electron chi connectivity index (χ3n) is 7.07. The quantitative estimate of drug-likeness (QED) is 0.130. The Balaban J connectivity index is 1.40. The zero-order valence-corrected chi connectivity index (χ0v) is 25.1. The highest BCUT2D eigenvalue weighted by atomic mass is 35.5. The Morgan fingerprint density at radius 1 is 0.524 bits per heavy atom. The lowest BCUT2D eigenvalue weighted by Gasteiger charge is -2.46. The van der Waals surface area contributed by atoms with Crippen LogP contribution in [0.25, 0.3) is 0 Å². The Hall–Kier alpha value is -2.68. The molecule has 4 aromatic rings. The van der Waals surface area contributed by atoms with E-state index in [1.165, 1.54) is 11.8 Å². The molecule has 0 bridgehead atoms. The predicted molar refractivity (Wildman–Crippen MR) is 168 cm³/mol. The van der Waals surface area contributed by atoms with E-state index < -0.39 is 24.4 Å². The van der Waals surface area contributed by atoms with Gasteiger partial charge in [-0.3, -0.25) is 0 Å². The Morgan fingerprint density at radius 2 is 0.929 bits per heavy atom. The van der Waals surface area contributed by atoms with Gasteiger partial charge in [-0.1, -0.05) is 121 Å². The van der Waals surface area contributed by atoms with Crippen LogP contribution >= 0.6 is 23.4 Å². The van der Waals surface area contributed by atoms with Crippen molar-refractivity contribution in [3.63, 3.8) is 0 Å². The van der Waals surface area contributed by atoms with Crippen LogP contribution in [0.15, 0.2) is 121 Å². The summed E-state index contributed by atoms with van der Waals surface area (Å²) in [7, 11) is 0. The van der Waals surface area contributed by atoms with Crippen molar-refractivity contribution in [2.45, 2.75) is 56.3 Å². The first-order valence-corrected chi connectivity index (χ1v) is 15.8. The minimum atomic E-state index is -0.447. The van der Waals surface area contributed by atoms with E-state index in [1.807, 2.05) is 72.8 Å². The molecule has 0 spiro atoms. The molecule has 0 N–H and O–H groups in total. The molecule has 5 atom stereocenters. The summed E-state index contributed by atoms with van der Waals surface area (Å²) < 4.78 is 32.8. The summed E-state index contributed by atoms with van der Waals surface area (Å²) >= 11 is 7.77. The van der Waals surface area contributed by atoms with Gasteiger partial charge >= 0.3 is 0 Å². The van der Waals surface area contributed by atoms with Gasteiger partial charge in [-0.05, 0) is 22.3 Å². The first-order chi connectivity index (χ1) is 20.8. The Bertz CT molecular complexity index is 1280. The second kappa shape index (κ2) is 16.8. The number of hydrogen-bond donors (Lipinski definition) is 0. The zero-order valence-electron chi connectivity index (χ0n) is 23.5. The van der Waals surface area contributed by atoms with Crippen LogP contribution in [-0.2, 0) is 50.1 Å². The highest BCUT2D eigenvalue weighted by molar-refractivity contribution is 8.00. The van der Waals surface area contributed by atoms with Crippen LogP contribution in [0.1, 0.15) is 22.3 Å². The van der Waals surface area contributed by atoms with Crippen molar-refractivity contribution in [2.24, 2.45) is 0 Å². The van der Waals surface area contributed by atoms with Crippen molar-refractivity contribution < 1.29 is 23.7 Å². The van der Waals surface area contributed by atoms with E-state index in [9.17, 15) is 0 Å². The van der Waals surface area contributed by atoms with Gasteiger partial charge in [-0.25, -0.2) is 0 Å². The molecule has 7 heteroatoms. The lowest BCUT2D eigenvalue weighted by molar-refractivity contribution is -0.254. The third-order valence-corrected chi connectivity index (χ3v) is 8.28. The number of ether oxygens (including phenoxy) is 5. The van der Waals surface area contributed by atoms with E-state index >= 15 is 0 Å². The van der Waals surface area contributed by atoms with Gasteiger partial charge in [0, 0.05) is 0 Å². The molecule has 220 valence electrons. The summed E-state index contributed by atoms with van der Waals surface area (Å²) in [5.41, 5.74) is 3.95. The van der Waals surface area contributed by atoms with E-state index in [0.29, 0.717) is 38.2 Å². The fourth-order valence-electron chi connectivity index (χ4n) is 4.94. The number of hydrogen-bond acceptors (Lipinski definition) is 6. The molecule has 1 fully saturated rings. The molecule has 1 aliphatic heterocycles. The predicted octanol–water partition coefficient (Wildman–Crippen LogP) is 7.61. The van der Waals surface area contributed by atoms with Gasteiger partial charge < -0.3 is 23.7 Å². The molecular weight excluding hydrogens is 568 g/mol. The number of halogens is 1. The summed E-state index contributed by atoms with van der Waals surface area (Å²) in [5.74, 6) is 0. The molecule has 1 aliphatic rings. The molecule has 5 rings (SSSR count). The summed E-state index contributed by atoms with van der Waals surface area (Å²) in [4.78, 5) is 0. The van der Waals surface area contributed by atoms with Crippen LogP contribution in [0.5, 0.6) is 0 Å². The van der Waals surface area contributed by atoms with E-state index in [-0.39, 0.29) is 5.44 Å². The van der Waals surface area contributed by atoms with E-state index in [2.05, 4.69) is 48.5 Å². The van der Waals surface area contributed by atoms with Crippen LogP contribution in [0.4, 0.5) is 0 Å². The van der Waals surface area contributed by atoms with Crippen molar-refractivity contribution in [2.75, 3.05) is 11.8 Å². The average molecular weight is 605 g/mol. The summed E-state index contributed by atoms with van der Waals surface area (Å²) in [5, 5.41) is 0.356. The van der Waals surface area contributed by atoms with E-state index in [1.54, 1.807) is 0 Å². The molecule has 0 amide bonds. The molecule has 0 unspecified atom stereocenters. The summed E-state index contributed by atoms with van der Waals surface area (Å²) in [6, 6.07) is 40.5. The largest absolute Gasteiger partial charge is 0.374 e. The van der Waals surface area contributed by atoms with Gasteiger partial charge in [0.25, 0.3) is 0 Å². The fourth-order valence-corrected chi connectivity index (χ4v) is 6.08. The Labute approximate surface area is 258 Å². The first kappa shape index (κ1) is 30.8. The topological polar surface area (TPSA) is 46.2 Å². The Morgan fingerprint density at radius 3 is 1.38 bits per heavy atom. The highest BCUT2D eigenvalue weighted by Gasteiger charge is 2.48. The lowest BCUT2D eigenvalue weighted by atomic mass is 9.98. The van der Waals surface area contributed by atoms with E-state index in [0.717, 1.165) is 22.3 Å². The van der Waals surface area contributed by atoms with Gasteiger partial charge in [-0.15, -0.1) is 23.4 Å². The molecular formula is C35H37ClO5S. The van der Waals surface area contributed by atoms with Crippen molar-refractivity contribution >= 4 is 23.4 Å². The zero-order chi connectivity index (χ0) is 28.8. The fraction of sp³-hybridized carbons (Fsp3) is 0.314. The summed E-state index contributed by atoms with van der Waals surface area (Å²) in [6.07, 6.45) is -1.70. The second-order valence-electron chi connectivity index (χ2n) is 10.1. The third kappa shape index (κ3) is 9.16. The van der Waals surface area contributed by atoms with Gasteiger partial charge in [0.2, 0.25) is 0 Å². The first-order valence-electron chi connectivity index (χ1n) is 14.2. The van der Waals surface area contributed by atoms with Crippen molar-refractivity contribution in [3.8, 4) is 0 Å². The van der Waals surface area contributed by atoms with Gasteiger partial charge in [0.1, 0.15) is 29.9 Å². The number of benzene rings is 4. The normalized spacial score (nSPS) is 22.2. The SMILES string of the molecule is ClCS[C@@H]1O[C@H](COCc2ccccc2)[C@H](OCc2ccccc2)[C@H](OCc2ccccc2)[C@H]1OCc1ccccc1. The molecule has 0 aliphatic carbocycles. The average Bonchev–Trinajstić information content (AvgIpc) is 3.05. The maximum atomic E-state index is 6.70. The molecule has 1 saturated heterocycles. The Kier molecular flexibility index (Phi) is 12.3. The standard InChI is InChI=1S/C35H37ClO5S/c36-26-42-35-34(40-24-30-19-11-4-12-20-30)33(39-23-29-17-9-3-10-18-29)32(38-22-28-15-7-2-8-16-28)31(41-35)25-37-21-27-13-5-1-6-14-27/h1-20,31-35H,21-26H2/t31-,32+,33+,34-,35+/m1/s1. The van der Waals surface area contributed by atoms with Gasteiger partial charge in [0.15, 0.2) is 0 Å². The van der Waals surface area contributed by atoms with E-state index in [4.69, 9.17) is 35.3 Å². The van der Waals surface area contributed by atoms with Gasteiger partial charge in [-0.2, -0.15) is 0 Å². The lowest BCUT2D eigenvalue weighted by Crippen LogP contribution is -2.60. The highest BCUT2D eigenvalue weighted by Crippen LogP contribution is 2.35. The molecule has 0 saturated carbocycles. The molecule has 0 aromatic heterocycles. The monoisotopic (exact) mass is 604 g/mol. The molecule has 42 heavy (non-hydrogen) atoms. The second-order valence-corrected chi connectivity index (χ2v) is 11.8. The number of alkyl halides is 1. The molecule has 0 radical (unpaired) electrons. The summed E-state index contributed by atoms with van der Waals surface area (Å²) in [6.45, 7) is 2.05. The molecule has 5 nitrogen and oxygen atoms in total. The van der Waals surface area contributed by atoms with Crippen LogP contribution in [0.3, 0.4) is 0 Å². The molecule has 1 heterocycles. The van der Waals surface area contributed by atoms with Crippen LogP contribution < -0.4 is 0 Å². The van der Waals surface area contributed by atoms with Crippen molar-refractivity contribution in [1.29, 1.82) is 0 Å². The maximum absolute atomic E-state index is 6.70. The van der Waals surface area contributed by atoms with Crippen molar-refractivity contribution in [1.82, 2.24) is 0 Å². The van der Waals surface area contributed by atoms with Crippen LogP contribution in [0.2, 0.25) is 0 Å². The maximum Gasteiger partial charge on any atom is 0.133 e. The number of thioether (sulfide) groups is 1.